The molecular formula is C10H20O2. The average molecular weight is 172 g/mol. The summed E-state index contributed by atoms with van der Waals surface area (Å²) in [5.74, 6) is 0. The van der Waals surface area contributed by atoms with Crippen molar-refractivity contribution in [2.75, 3.05) is 7.11 Å². The molecular weight excluding hydrogens is 152 g/mol. The first-order chi connectivity index (χ1) is 5.70. The first kappa shape index (κ1) is 11.7. The molecule has 72 valence electrons. The lowest BCUT2D eigenvalue weighted by Gasteiger charge is -2.13. The van der Waals surface area contributed by atoms with E-state index in [1.54, 1.807) is 7.11 Å². The lowest BCUT2D eigenvalue weighted by molar-refractivity contribution is 0.0899. The highest BCUT2D eigenvalue weighted by atomic mass is 16.5. The van der Waals surface area contributed by atoms with Gasteiger partial charge in [-0.1, -0.05) is 6.08 Å². The Morgan fingerprint density at radius 2 is 2.17 bits per heavy atom. The molecule has 0 fully saturated rings. The quantitative estimate of drug-likeness (QED) is 0.596. The van der Waals surface area contributed by atoms with E-state index in [1.807, 2.05) is 13.0 Å². The van der Waals surface area contributed by atoms with E-state index < -0.39 is 0 Å². The fraction of sp³-hybridized carbons (Fsp3) is 0.800. The van der Waals surface area contributed by atoms with Crippen LogP contribution in [-0.4, -0.2) is 24.4 Å². The van der Waals surface area contributed by atoms with E-state index in [9.17, 15) is 0 Å². The van der Waals surface area contributed by atoms with Crippen molar-refractivity contribution in [1.29, 1.82) is 0 Å². The molecule has 0 bridgehead atoms. The number of rotatable bonds is 7. The predicted octanol–water partition coefficient (Wildman–Crippen LogP) is 2.13. The third-order valence-electron chi connectivity index (χ3n) is 1.91. The van der Waals surface area contributed by atoms with Crippen molar-refractivity contribution in [2.24, 2.45) is 0 Å². The Bertz CT molecular complexity index is 110. The summed E-state index contributed by atoms with van der Waals surface area (Å²) in [6.45, 7) is 5.48. The summed E-state index contributed by atoms with van der Waals surface area (Å²) in [7, 11) is 1.72. The van der Waals surface area contributed by atoms with E-state index in [1.165, 1.54) is 0 Å². The second kappa shape index (κ2) is 7.32. The van der Waals surface area contributed by atoms with Crippen molar-refractivity contribution >= 4 is 0 Å². The molecule has 12 heavy (non-hydrogen) atoms. The number of aliphatic hydroxyl groups excluding tert-OH is 1. The summed E-state index contributed by atoms with van der Waals surface area (Å²) in [6.07, 6.45) is 5.74. The van der Waals surface area contributed by atoms with Crippen LogP contribution in [0.4, 0.5) is 0 Å². The van der Waals surface area contributed by atoms with Crippen molar-refractivity contribution in [3.05, 3.63) is 12.7 Å². The third kappa shape index (κ3) is 6.38. The van der Waals surface area contributed by atoms with E-state index in [4.69, 9.17) is 9.84 Å². The Labute approximate surface area is 75.2 Å². The summed E-state index contributed by atoms with van der Waals surface area (Å²) in [4.78, 5) is 0. The Morgan fingerprint density at radius 3 is 2.58 bits per heavy atom. The Hall–Kier alpha value is -0.340. The highest BCUT2D eigenvalue weighted by Gasteiger charge is 2.05. The third-order valence-corrected chi connectivity index (χ3v) is 1.91. The molecule has 0 aromatic rings. The maximum Gasteiger partial charge on any atom is 0.0605 e. The lowest BCUT2D eigenvalue weighted by atomic mass is 10.1. The minimum Gasteiger partial charge on any atom is -0.393 e. The highest BCUT2D eigenvalue weighted by molar-refractivity contribution is 4.73. The number of hydrogen-bond donors (Lipinski definition) is 1. The van der Waals surface area contributed by atoms with E-state index in [0.717, 1.165) is 25.7 Å². The number of aliphatic hydroxyl groups is 1. The standard InChI is InChI=1S/C10H20O2/c1-4-6-10(12-3)8-5-7-9(2)11/h4,9-11H,1,5-8H2,2-3H3/t9-,10-/m0/s1. The summed E-state index contributed by atoms with van der Waals surface area (Å²) < 4.78 is 5.22. The molecule has 2 nitrogen and oxygen atoms in total. The van der Waals surface area contributed by atoms with Crippen LogP contribution < -0.4 is 0 Å². The van der Waals surface area contributed by atoms with Crippen LogP contribution in [0, 0.1) is 0 Å². The zero-order valence-corrected chi connectivity index (χ0v) is 8.12. The van der Waals surface area contributed by atoms with Gasteiger partial charge in [0.2, 0.25) is 0 Å². The molecule has 0 rings (SSSR count). The normalized spacial score (nSPS) is 15.6. The molecule has 0 aromatic carbocycles. The van der Waals surface area contributed by atoms with Gasteiger partial charge in [0.1, 0.15) is 0 Å². The molecule has 2 atom stereocenters. The summed E-state index contributed by atoms with van der Waals surface area (Å²) in [6, 6.07) is 0. The molecule has 0 spiro atoms. The maximum absolute atomic E-state index is 9.01. The number of methoxy groups -OCH3 is 1. The Balaban J connectivity index is 3.37. The minimum atomic E-state index is -0.189. The van der Waals surface area contributed by atoms with Gasteiger partial charge in [-0.05, 0) is 32.6 Å². The van der Waals surface area contributed by atoms with E-state index in [2.05, 4.69) is 6.58 Å². The van der Waals surface area contributed by atoms with Gasteiger partial charge in [0.15, 0.2) is 0 Å². The van der Waals surface area contributed by atoms with Gasteiger partial charge in [0, 0.05) is 7.11 Å². The minimum absolute atomic E-state index is 0.189. The fourth-order valence-electron chi connectivity index (χ4n) is 1.16. The van der Waals surface area contributed by atoms with Gasteiger partial charge in [0.25, 0.3) is 0 Å². The van der Waals surface area contributed by atoms with E-state index in [0.29, 0.717) is 0 Å². The average Bonchev–Trinajstić information content (AvgIpc) is 2.02. The predicted molar refractivity (Wildman–Crippen MR) is 51.1 cm³/mol. The van der Waals surface area contributed by atoms with Crippen LogP contribution in [0.1, 0.15) is 32.6 Å². The SMILES string of the molecule is C=CC[C@@H](CCC[C@H](C)O)OC. The largest absolute Gasteiger partial charge is 0.393 e. The molecule has 0 amide bonds. The monoisotopic (exact) mass is 172 g/mol. The highest BCUT2D eigenvalue weighted by Crippen LogP contribution is 2.09. The van der Waals surface area contributed by atoms with Crippen LogP contribution in [0.5, 0.6) is 0 Å². The topological polar surface area (TPSA) is 29.5 Å². The zero-order valence-electron chi connectivity index (χ0n) is 8.12. The van der Waals surface area contributed by atoms with Crippen LogP contribution in [0.25, 0.3) is 0 Å². The Kier molecular flexibility index (Phi) is 7.11. The maximum atomic E-state index is 9.01. The molecule has 0 aliphatic rings. The fourth-order valence-corrected chi connectivity index (χ4v) is 1.16. The first-order valence-corrected chi connectivity index (χ1v) is 4.52. The number of ether oxygens (including phenoxy) is 1. The van der Waals surface area contributed by atoms with Gasteiger partial charge in [-0.3, -0.25) is 0 Å². The van der Waals surface area contributed by atoms with E-state index >= 15 is 0 Å². The van der Waals surface area contributed by atoms with Crippen molar-refractivity contribution in [2.45, 2.75) is 44.8 Å². The lowest BCUT2D eigenvalue weighted by Crippen LogP contribution is -2.10. The molecule has 0 saturated carbocycles. The van der Waals surface area contributed by atoms with Gasteiger partial charge >= 0.3 is 0 Å². The van der Waals surface area contributed by atoms with Gasteiger partial charge in [-0.15, -0.1) is 6.58 Å². The van der Waals surface area contributed by atoms with Crippen LogP contribution in [0.2, 0.25) is 0 Å². The van der Waals surface area contributed by atoms with Crippen LogP contribution >= 0.6 is 0 Å². The van der Waals surface area contributed by atoms with Gasteiger partial charge in [0.05, 0.1) is 12.2 Å². The summed E-state index contributed by atoms with van der Waals surface area (Å²) in [5, 5.41) is 9.01. The van der Waals surface area contributed by atoms with Crippen molar-refractivity contribution in [3.8, 4) is 0 Å². The van der Waals surface area contributed by atoms with Crippen molar-refractivity contribution in [1.82, 2.24) is 0 Å². The molecule has 0 aromatic heterocycles. The van der Waals surface area contributed by atoms with Crippen molar-refractivity contribution < 1.29 is 9.84 Å². The smallest absolute Gasteiger partial charge is 0.0605 e. The van der Waals surface area contributed by atoms with Crippen LogP contribution in [0.3, 0.4) is 0 Å². The molecule has 0 aliphatic heterocycles. The molecule has 2 heteroatoms. The molecule has 0 saturated heterocycles. The molecule has 0 radical (unpaired) electrons. The number of hydrogen-bond acceptors (Lipinski definition) is 2. The molecule has 0 unspecified atom stereocenters. The Morgan fingerprint density at radius 1 is 1.50 bits per heavy atom. The first-order valence-electron chi connectivity index (χ1n) is 4.52. The van der Waals surface area contributed by atoms with Gasteiger partial charge in [-0.2, -0.15) is 0 Å². The molecule has 0 heterocycles. The summed E-state index contributed by atoms with van der Waals surface area (Å²) in [5.41, 5.74) is 0. The second-order valence-corrected chi connectivity index (χ2v) is 3.16. The van der Waals surface area contributed by atoms with Crippen molar-refractivity contribution in [3.63, 3.8) is 0 Å². The van der Waals surface area contributed by atoms with E-state index in [-0.39, 0.29) is 12.2 Å². The van der Waals surface area contributed by atoms with Crippen LogP contribution in [-0.2, 0) is 4.74 Å². The van der Waals surface area contributed by atoms with Crippen LogP contribution in [0.15, 0.2) is 12.7 Å². The summed E-state index contributed by atoms with van der Waals surface area (Å²) >= 11 is 0. The molecule has 0 aliphatic carbocycles. The molecule has 1 N–H and O–H groups in total. The van der Waals surface area contributed by atoms with Gasteiger partial charge in [-0.25, -0.2) is 0 Å². The van der Waals surface area contributed by atoms with Gasteiger partial charge < -0.3 is 9.84 Å². The second-order valence-electron chi connectivity index (χ2n) is 3.16. The zero-order chi connectivity index (χ0) is 9.40.